The number of aliphatic carboxylic acids is 1. The first-order valence-corrected chi connectivity index (χ1v) is 6.33. The van der Waals surface area contributed by atoms with Crippen molar-refractivity contribution in [1.29, 1.82) is 0 Å². The minimum absolute atomic E-state index is 0.120. The SMILES string of the molecule is NC(=O)C1COCCN1c1ccc(/C=C/C(=O)O)cc1F. The molecule has 0 bridgehead atoms. The maximum Gasteiger partial charge on any atom is 0.328 e. The van der Waals surface area contributed by atoms with Crippen molar-refractivity contribution in [3.63, 3.8) is 0 Å². The largest absolute Gasteiger partial charge is 0.478 e. The van der Waals surface area contributed by atoms with E-state index in [2.05, 4.69) is 0 Å². The second-order valence-corrected chi connectivity index (χ2v) is 4.57. The summed E-state index contributed by atoms with van der Waals surface area (Å²) in [5.74, 6) is -2.24. The van der Waals surface area contributed by atoms with Crippen molar-refractivity contribution in [1.82, 2.24) is 0 Å². The van der Waals surface area contributed by atoms with Crippen molar-refractivity contribution >= 4 is 23.6 Å². The summed E-state index contributed by atoms with van der Waals surface area (Å²) in [5, 5.41) is 8.54. The topological polar surface area (TPSA) is 92.9 Å². The molecule has 0 aromatic heterocycles. The zero-order valence-corrected chi connectivity index (χ0v) is 11.2. The highest BCUT2D eigenvalue weighted by Gasteiger charge is 2.29. The van der Waals surface area contributed by atoms with Crippen molar-refractivity contribution in [3.8, 4) is 0 Å². The lowest BCUT2D eigenvalue weighted by Gasteiger charge is -2.35. The van der Waals surface area contributed by atoms with Gasteiger partial charge in [-0.2, -0.15) is 0 Å². The van der Waals surface area contributed by atoms with E-state index in [1.807, 2.05) is 0 Å². The summed E-state index contributed by atoms with van der Waals surface area (Å²) >= 11 is 0. The zero-order chi connectivity index (χ0) is 15.4. The summed E-state index contributed by atoms with van der Waals surface area (Å²) in [7, 11) is 0. The fourth-order valence-electron chi connectivity index (χ4n) is 2.15. The van der Waals surface area contributed by atoms with E-state index in [-0.39, 0.29) is 12.3 Å². The standard InChI is InChI=1S/C14H15FN2O4/c15-10-7-9(2-4-13(18)19)1-3-11(10)17-5-6-21-8-12(17)14(16)20/h1-4,7,12H,5-6,8H2,(H2,16,20)(H,18,19)/b4-2+. The molecular weight excluding hydrogens is 279 g/mol. The highest BCUT2D eigenvalue weighted by atomic mass is 19.1. The molecule has 3 N–H and O–H groups in total. The highest BCUT2D eigenvalue weighted by molar-refractivity contribution is 5.86. The summed E-state index contributed by atoms with van der Waals surface area (Å²) in [6, 6.07) is 3.57. The number of ether oxygens (including phenoxy) is 1. The van der Waals surface area contributed by atoms with E-state index < -0.39 is 23.7 Å². The summed E-state index contributed by atoms with van der Waals surface area (Å²) in [6.07, 6.45) is 2.22. The van der Waals surface area contributed by atoms with Crippen LogP contribution in [0.3, 0.4) is 0 Å². The Labute approximate surface area is 120 Å². The number of nitrogens with two attached hydrogens (primary N) is 1. The van der Waals surface area contributed by atoms with Gasteiger partial charge >= 0.3 is 5.97 Å². The molecule has 1 atom stereocenters. The first-order chi connectivity index (χ1) is 9.99. The number of carbonyl (C=O) groups excluding carboxylic acids is 1. The number of amides is 1. The van der Waals surface area contributed by atoms with Crippen LogP contribution in [0.1, 0.15) is 5.56 Å². The summed E-state index contributed by atoms with van der Waals surface area (Å²) in [5.41, 5.74) is 5.96. The van der Waals surface area contributed by atoms with Gasteiger partial charge in [0.1, 0.15) is 11.9 Å². The number of carboxylic acids is 1. The van der Waals surface area contributed by atoms with E-state index >= 15 is 0 Å². The predicted molar refractivity (Wildman–Crippen MR) is 74.2 cm³/mol. The molecule has 1 amide bonds. The lowest BCUT2D eigenvalue weighted by Crippen LogP contribution is -2.53. The second-order valence-electron chi connectivity index (χ2n) is 4.57. The van der Waals surface area contributed by atoms with Crippen LogP contribution >= 0.6 is 0 Å². The average molecular weight is 294 g/mol. The number of halogens is 1. The molecule has 0 radical (unpaired) electrons. The number of anilines is 1. The quantitative estimate of drug-likeness (QED) is 0.794. The number of carboxylic acid groups (broad SMARTS) is 1. The Balaban J connectivity index is 2.27. The molecule has 0 aliphatic carbocycles. The fourth-order valence-corrected chi connectivity index (χ4v) is 2.15. The van der Waals surface area contributed by atoms with Crippen LogP contribution < -0.4 is 10.6 Å². The monoisotopic (exact) mass is 294 g/mol. The van der Waals surface area contributed by atoms with Gasteiger partial charge in [-0.25, -0.2) is 9.18 Å². The number of nitrogens with zero attached hydrogens (tertiary/aromatic N) is 1. The number of hydrogen-bond acceptors (Lipinski definition) is 4. The Kier molecular flexibility index (Phi) is 4.54. The van der Waals surface area contributed by atoms with Crippen molar-refractivity contribution in [2.75, 3.05) is 24.7 Å². The van der Waals surface area contributed by atoms with Gasteiger partial charge in [-0.1, -0.05) is 6.07 Å². The molecule has 6 nitrogen and oxygen atoms in total. The van der Waals surface area contributed by atoms with Crippen LogP contribution in [0.2, 0.25) is 0 Å². The van der Waals surface area contributed by atoms with E-state index in [1.165, 1.54) is 18.2 Å². The fraction of sp³-hybridized carbons (Fsp3) is 0.286. The smallest absolute Gasteiger partial charge is 0.328 e. The van der Waals surface area contributed by atoms with Gasteiger partial charge in [0.05, 0.1) is 18.9 Å². The van der Waals surface area contributed by atoms with Crippen molar-refractivity contribution < 1.29 is 23.8 Å². The van der Waals surface area contributed by atoms with Gasteiger partial charge in [0, 0.05) is 12.6 Å². The first kappa shape index (κ1) is 15.0. The molecular formula is C14H15FN2O4. The van der Waals surface area contributed by atoms with Crippen LogP contribution in [0.5, 0.6) is 0 Å². The third-order valence-electron chi connectivity index (χ3n) is 3.16. The molecule has 1 saturated heterocycles. The van der Waals surface area contributed by atoms with Crippen molar-refractivity contribution in [2.24, 2.45) is 5.73 Å². The Morgan fingerprint density at radius 3 is 2.86 bits per heavy atom. The Morgan fingerprint density at radius 1 is 1.48 bits per heavy atom. The van der Waals surface area contributed by atoms with Crippen molar-refractivity contribution in [3.05, 3.63) is 35.7 Å². The maximum absolute atomic E-state index is 14.2. The van der Waals surface area contributed by atoms with Crippen LogP contribution in [-0.2, 0) is 14.3 Å². The molecule has 1 aromatic carbocycles. The maximum atomic E-state index is 14.2. The number of hydrogen-bond donors (Lipinski definition) is 2. The number of rotatable bonds is 4. The Hall–Kier alpha value is -2.41. The highest BCUT2D eigenvalue weighted by Crippen LogP contribution is 2.24. The molecule has 1 heterocycles. The van der Waals surface area contributed by atoms with Gasteiger partial charge < -0.3 is 20.5 Å². The van der Waals surface area contributed by atoms with Crippen LogP contribution in [0.25, 0.3) is 6.08 Å². The minimum Gasteiger partial charge on any atom is -0.478 e. The first-order valence-electron chi connectivity index (χ1n) is 6.33. The molecule has 1 aliphatic rings. The summed E-state index contributed by atoms with van der Waals surface area (Å²) in [4.78, 5) is 23.4. The van der Waals surface area contributed by atoms with E-state index in [4.69, 9.17) is 15.6 Å². The molecule has 1 aromatic rings. The summed E-state index contributed by atoms with van der Waals surface area (Å²) < 4.78 is 19.4. The van der Waals surface area contributed by atoms with Gasteiger partial charge in [0.2, 0.25) is 5.91 Å². The molecule has 1 fully saturated rings. The van der Waals surface area contributed by atoms with Gasteiger partial charge in [-0.15, -0.1) is 0 Å². The number of primary amides is 1. The number of benzene rings is 1. The van der Waals surface area contributed by atoms with Crippen LogP contribution in [-0.4, -0.2) is 42.8 Å². The Morgan fingerprint density at radius 2 is 2.24 bits per heavy atom. The summed E-state index contributed by atoms with van der Waals surface area (Å²) in [6.45, 7) is 0.855. The molecule has 0 saturated carbocycles. The molecule has 112 valence electrons. The van der Waals surface area contributed by atoms with E-state index in [9.17, 15) is 14.0 Å². The van der Waals surface area contributed by atoms with Gasteiger partial charge in [-0.3, -0.25) is 4.79 Å². The zero-order valence-electron chi connectivity index (χ0n) is 11.2. The van der Waals surface area contributed by atoms with E-state index in [1.54, 1.807) is 11.0 Å². The lowest BCUT2D eigenvalue weighted by molar-refractivity contribution is -0.131. The normalized spacial score (nSPS) is 18.9. The van der Waals surface area contributed by atoms with Gasteiger partial charge in [0.25, 0.3) is 0 Å². The number of morpholine rings is 1. The third-order valence-corrected chi connectivity index (χ3v) is 3.16. The van der Waals surface area contributed by atoms with Gasteiger partial charge in [0.15, 0.2) is 0 Å². The molecule has 0 spiro atoms. The van der Waals surface area contributed by atoms with E-state index in [0.29, 0.717) is 18.7 Å². The predicted octanol–water partition coefficient (Wildman–Crippen LogP) is 0.614. The molecule has 1 unspecified atom stereocenters. The third kappa shape index (κ3) is 3.57. The van der Waals surface area contributed by atoms with E-state index in [0.717, 1.165) is 6.08 Å². The molecule has 21 heavy (non-hydrogen) atoms. The number of carbonyl (C=O) groups is 2. The molecule has 2 rings (SSSR count). The van der Waals surface area contributed by atoms with Crippen molar-refractivity contribution in [2.45, 2.75) is 6.04 Å². The molecule has 7 heteroatoms. The Bertz CT molecular complexity index is 588. The molecule has 1 aliphatic heterocycles. The lowest BCUT2D eigenvalue weighted by atomic mass is 10.1. The van der Waals surface area contributed by atoms with Crippen LogP contribution in [0.4, 0.5) is 10.1 Å². The average Bonchev–Trinajstić information content (AvgIpc) is 2.45. The van der Waals surface area contributed by atoms with Crippen LogP contribution in [0.15, 0.2) is 24.3 Å². The minimum atomic E-state index is -1.11. The van der Waals surface area contributed by atoms with Crippen LogP contribution in [0, 0.1) is 5.82 Å². The van der Waals surface area contributed by atoms with Gasteiger partial charge in [-0.05, 0) is 23.8 Å². The second kappa shape index (κ2) is 6.36.